The number of halogens is 2. The Balaban J connectivity index is 2.27. The Morgan fingerprint density at radius 3 is 2.67 bits per heavy atom. The summed E-state index contributed by atoms with van der Waals surface area (Å²) in [4.78, 5) is 0. The van der Waals surface area contributed by atoms with E-state index in [0.717, 1.165) is 28.9 Å². The molecule has 0 aliphatic rings. The maximum absolute atomic E-state index is 6.11. The van der Waals surface area contributed by atoms with E-state index in [-0.39, 0.29) is 0 Å². The third kappa shape index (κ3) is 4.57. The molecule has 2 aromatic rings. The van der Waals surface area contributed by atoms with Crippen molar-refractivity contribution in [2.24, 2.45) is 0 Å². The van der Waals surface area contributed by atoms with E-state index in [9.17, 15) is 0 Å². The molecule has 0 fully saturated rings. The zero-order valence-corrected chi connectivity index (χ0v) is 14.8. The maximum atomic E-state index is 6.11. The molecule has 0 spiro atoms. The van der Waals surface area contributed by atoms with Crippen LogP contribution < -0.4 is 5.32 Å². The van der Waals surface area contributed by atoms with Gasteiger partial charge in [-0.15, -0.1) is 0 Å². The van der Waals surface area contributed by atoms with Crippen LogP contribution in [0.2, 0.25) is 5.02 Å². The number of benzene rings is 2. The lowest BCUT2D eigenvalue weighted by molar-refractivity contribution is 0.527. The molecule has 1 N–H and O–H groups in total. The summed E-state index contributed by atoms with van der Waals surface area (Å²) in [6.07, 6.45) is 2.07. The average Bonchev–Trinajstić information content (AvgIpc) is 2.47. The van der Waals surface area contributed by atoms with Crippen molar-refractivity contribution in [3.63, 3.8) is 0 Å². The first-order chi connectivity index (χ1) is 10.1. The summed E-state index contributed by atoms with van der Waals surface area (Å²) in [6.45, 7) is 5.37. The molecule has 0 heterocycles. The Bertz CT molecular complexity index is 598. The minimum Gasteiger partial charge on any atom is -0.310 e. The van der Waals surface area contributed by atoms with Crippen molar-refractivity contribution in [2.45, 2.75) is 32.7 Å². The quantitative estimate of drug-likeness (QED) is 0.692. The second kappa shape index (κ2) is 7.98. The molecule has 0 aliphatic carbocycles. The highest BCUT2D eigenvalue weighted by molar-refractivity contribution is 9.10. The van der Waals surface area contributed by atoms with E-state index in [1.165, 1.54) is 16.7 Å². The van der Waals surface area contributed by atoms with E-state index in [1.54, 1.807) is 0 Å². The van der Waals surface area contributed by atoms with Gasteiger partial charge in [0.15, 0.2) is 0 Å². The van der Waals surface area contributed by atoms with Gasteiger partial charge in [-0.3, -0.25) is 0 Å². The van der Waals surface area contributed by atoms with Crippen molar-refractivity contribution < 1.29 is 0 Å². The molecule has 2 rings (SSSR count). The molecule has 0 bridgehead atoms. The summed E-state index contributed by atoms with van der Waals surface area (Å²) in [5.74, 6) is 0. The molecular formula is C18H21BrClN. The second-order valence-corrected chi connectivity index (χ2v) is 6.59. The van der Waals surface area contributed by atoms with Crippen LogP contribution in [0.3, 0.4) is 0 Å². The molecule has 2 aromatic carbocycles. The van der Waals surface area contributed by atoms with E-state index in [1.807, 2.05) is 12.1 Å². The molecule has 112 valence electrons. The highest BCUT2D eigenvalue weighted by Crippen LogP contribution is 2.27. The molecule has 0 saturated carbocycles. The largest absolute Gasteiger partial charge is 0.310 e. The van der Waals surface area contributed by atoms with Crippen LogP contribution in [-0.2, 0) is 6.42 Å². The summed E-state index contributed by atoms with van der Waals surface area (Å²) < 4.78 is 1.16. The maximum Gasteiger partial charge on any atom is 0.0408 e. The van der Waals surface area contributed by atoms with Gasteiger partial charge in [0.25, 0.3) is 0 Å². The minimum absolute atomic E-state index is 0.306. The fraction of sp³-hybridized carbons (Fsp3) is 0.333. The second-order valence-electron chi connectivity index (χ2n) is 5.29. The van der Waals surface area contributed by atoms with Gasteiger partial charge in [-0.1, -0.05) is 58.7 Å². The molecule has 0 aromatic heterocycles. The topological polar surface area (TPSA) is 12.0 Å². The van der Waals surface area contributed by atoms with Crippen LogP contribution in [0.1, 0.15) is 36.1 Å². The lowest BCUT2D eigenvalue weighted by atomic mass is 9.95. The van der Waals surface area contributed by atoms with Crippen LogP contribution in [0.15, 0.2) is 46.9 Å². The summed E-state index contributed by atoms with van der Waals surface area (Å²) in [5.41, 5.74) is 3.90. The minimum atomic E-state index is 0.306. The van der Waals surface area contributed by atoms with Gasteiger partial charge in [0.1, 0.15) is 0 Å². The summed E-state index contributed by atoms with van der Waals surface area (Å²) in [5, 5.41) is 4.46. The Kier molecular flexibility index (Phi) is 6.28. The van der Waals surface area contributed by atoms with Crippen LogP contribution in [0.4, 0.5) is 0 Å². The third-order valence-corrected chi connectivity index (χ3v) is 4.75. The van der Waals surface area contributed by atoms with E-state index >= 15 is 0 Å². The molecule has 21 heavy (non-hydrogen) atoms. The monoisotopic (exact) mass is 365 g/mol. The summed E-state index contributed by atoms with van der Waals surface area (Å²) >= 11 is 9.74. The first kappa shape index (κ1) is 16.5. The summed E-state index contributed by atoms with van der Waals surface area (Å²) in [6, 6.07) is 14.8. The SMILES string of the molecule is CCCNC(Cc1cccc(Cl)c1)c1cccc(Br)c1C. The van der Waals surface area contributed by atoms with Gasteiger partial charge in [-0.25, -0.2) is 0 Å². The molecule has 0 radical (unpaired) electrons. The van der Waals surface area contributed by atoms with Crippen LogP contribution >= 0.6 is 27.5 Å². The zero-order chi connectivity index (χ0) is 15.2. The lowest BCUT2D eigenvalue weighted by Gasteiger charge is -2.22. The Hall–Kier alpha value is -0.830. The fourth-order valence-electron chi connectivity index (χ4n) is 2.51. The average molecular weight is 367 g/mol. The van der Waals surface area contributed by atoms with Crippen LogP contribution in [0, 0.1) is 6.92 Å². The molecule has 1 atom stereocenters. The highest BCUT2D eigenvalue weighted by atomic mass is 79.9. The molecule has 3 heteroatoms. The smallest absolute Gasteiger partial charge is 0.0408 e. The van der Waals surface area contributed by atoms with Crippen molar-refractivity contribution in [3.05, 3.63) is 68.7 Å². The van der Waals surface area contributed by atoms with E-state index in [4.69, 9.17) is 11.6 Å². The van der Waals surface area contributed by atoms with Crippen molar-refractivity contribution in [3.8, 4) is 0 Å². The zero-order valence-electron chi connectivity index (χ0n) is 12.5. The number of hydrogen-bond donors (Lipinski definition) is 1. The third-order valence-electron chi connectivity index (χ3n) is 3.65. The normalized spacial score (nSPS) is 12.4. The first-order valence-corrected chi connectivity index (χ1v) is 8.51. The summed E-state index contributed by atoms with van der Waals surface area (Å²) in [7, 11) is 0. The number of rotatable bonds is 6. The number of hydrogen-bond acceptors (Lipinski definition) is 1. The molecule has 1 unspecified atom stereocenters. The van der Waals surface area contributed by atoms with Crippen molar-refractivity contribution >= 4 is 27.5 Å². The van der Waals surface area contributed by atoms with Gasteiger partial charge in [-0.2, -0.15) is 0 Å². The molecule has 0 amide bonds. The van der Waals surface area contributed by atoms with Crippen LogP contribution in [-0.4, -0.2) is 6.54 Å². The Labute approximate surface area is 140 Å². The van der Waals surface area contributed by atoms with Gasteiger partial charge >= 0.3 is 0 Å². The standard InChI is InChI=1S/C18H21BrClN/c1-3-10-21-18(12-14-6-4-7-15(20)11-14)16-8-5-9-17(19)13(16)2/h4-9,11,18,21H,3,10,12H2,1-2H3. The number of nitrogens with one attached hydrogen (secondary N) is 1. The van der Waals surface area contributed by atoms with Crippen molar-refractivity contribution in [1.29, 1.82) is 0 Å². The van der Waals surface area contributed by atoms with Gasteiger partial charge in [0.05, 0.1) is 0 Å². The Morgan fingerprint density at radius 1 is 1.19 bits per heavy atom. The molecule has 0 aliphatic heterocycles. The molecule has 1 nitrogen and oxygen atoms in total. The first-order valence-electron chi connectivity index (χ1n) is 7.34. The fourth-order valence-corrected chi connectivity index (χ4v) is 3.11. The van der Waals surface area contributed by atoms with Gasteiger partial charge < -0.3 is 5.32 Å². The highest BCUT2D eigenvalue weighted by Gasteiger charge is 2.15. The van der Waals surface area contributed by atoms with E-state index in [2.05, 4.69) is 65.4 Å². The van der Waals surface area contributed by atoms with Crippen LogP contribution in [0.25, 0.3) is 0 Å². The predicted molar refractivity (Wildman–Crippen MR) is 95.1 cm³/mol. The molecular weight excluding hydrogens is 346 g/mol. The lowest BCUT2D eigenvalue weighted by Crippen LogP contribution is -2.25. The van der Waals surface area contributed by atoms with E-state index < -0.39 is 0 Å². The molecule has 0 saturated heterocycles. The predicted octanol–water partition coefficient (Wildman–Crippen LogP) is 5.69. The Morgan fingerprint density at radius 2 is 1.95 bits per heavy atom. The van der Waals surface area contributed by atoms with Crippen LogP contribution in [0.5, 0.6) is 0 Å². The van der Waals surface area contributed by atoms with Crippen molar-refractivity contribution in [1.82, 2.24) is 5.32 Å². The van der Waals surface area contributed by atoms with E-state index in [0.29, 0.717) is 6.04 Å². The van der Waals surface area contributed by atoms with Gasteiger partial charge in [0, 0.05) is 15.5 Å². The van der Waals surface area contributed by atoms with Gasteiger partial charge in [-0.05, 0) is 61.2 Å². The van der Waals surface area contributed by atoms with Crippen molar-refractivity contribution in [2.75, 3.05) is 6.54 Å². The van der Waals surface area contributed by atoms with Gasteiger partial charge in [0.2, 0.25) is 0 Å².